The number of hydrogen-bond donors (Lipinski definition) is 0. The summed E-state index contributed by atoms with van der Waals surface area (Å²) in [7, 11) is 0. The van der Waals surface area contributed by atoms with Gasteiger partial charge in [-0.1, -0.05) is 24.3 Å². The van der Waals surface area contributed by atoms with Crippen LogP contribution in [-0.4, -0.2) is 22.0 Å². The standard InChI is InChI=1S/C14H11N3O/c1-2-4-10-9(3-1)7-12-13(10)17-14(18-12)11-8-15-5-6-16-11/h1-6,8,12-13H,7H2/t12-,13+/m0/s1. The first-order valence-electron chi connectivity index (χ1n) is 6.00. The van der Waals surface area contributed by atoms with E-state index in [4.69, 9.17) is 4.74 Å². The maximum Gasteiger partial charge on any atom is 0.238 e. The third-order valence-electron chi connectivity index (χ3n) is 3.45. The largest absolute Gasteiger partial charge is 0.470 e. The van der Waals surface area contributed by atoms with Crippen molar-refractivity contribution in [1.29, 1.82) is 0 Å². The molecule has 0 saturated carbocycles. The van der Waals surface area contributed by atoms with E-state index in [1.807, 2.05) is 0 Å². The van der Waals surface area contributed by atoms with Gasteiger partial charge in [-0.2, -0.15) is 0 Å². The van der Waals surface area contributed by atoms with Crippen molar-refractivity contribution in [2.75, 3.05) is 0 Å². The summed E-state index contributed by atoms with van der Waals surface area (Å²) >= 11 is 0. The SMILES string of the molecule is c1ccc2c(c1)C[C@@H]1OC(c3cnccn3)=N[C@H]21. The molecule has 1 aromatic carbocycles. The summed E-state index contributed by atoms with van der Waals surface area (Å²) in [4.78, 5) is 12.9. The quantitative estimate of drug-likeness (QED) is 0.761. The predicted octanol–water partition coefficient (Wildman–Crippen LogP) is 1.92. The molecule has 4 rings (SSSR count). The number of ether oxygens (including phenoxy) is 1. The van der Waals surface area contributed by atoms with Gasteiger partial charge in [0.25, 0.3) is 0 Å². The summed E-state index contributed by atoms with van der Waals surface area (Å²) in [6.07, 6.45) is 6.04. The molecule has 0 N–H and O–H groups in total. The lowest BCUT2D eigenvalue weighted by Gasteiger charge is -2.07. The monoisotopic (exact) mass is 237 g/mol. The van der Waals surface area contributed by atoms with Crippen molar-refractivity contribution in [3.05, 3.63) is 59.7 Å². The lowest BCUT2D eigenvalue weighted by atomic mass is 10.1. The third-order valence-corrected chi connectivity index (χ3v) is 3.45. The molecule has 1 aromatic heterocycles. The van der Waals surface area contributed by atoms with Crippen LogP contribution in [0.2, 0.25) is 0 Å². The zero-order valence-electron chi connectivity index (χ0n) is 9.65. The zero-order valence-corrected chi connectivity index (χ0v) is 9.65. The van der Waals surface area contributed by atoms with Gasteiger partial charge in [0.15, 0.2) is 0 Å². The van der Waals surface area contributed by atoms with Crippen molar-refractivity contribution in [3.8, 4) is 0 Å². The van der Waals surface area contributed by atoms with E-state index >= 15 is 0 Å². The minimum absolute atomic E-state index is 0.123. The van der Waals surface area contributed by atoms with Gasteiger partial charge in [-0.05, 0) is 11.1 Å². The maximum atomic E-state index is 5.90. The fraction of sp³-hybridized carbons (Fsp3) is 0.214. The summed E-state index contributed by atoms with van der Waals surface area (Å²) in [6, 6.07) is 8.52. The van der Waals surface area contributed by atoms with Gasteiger partial charge in [0, 0.05) is 18.8 Å². The number of rotatable bonds is 1. The second-order valence-corrected chi connectivity index (χ2v) is 4.53. The van der Waals surface area contributed by atoms with Crippen molar-refractivity contribution >= 4 is 5.90 Å². The Hall–Kier alpha value is -2.23. The van der Waals surface area contributed by atoms with Crippen LogP contribution in [0, 0.1) is 0 Å². The first-order valence-corrected chi connectivity index (χ1v) is 6.00. The predicted molar refractivity (Wildman–Crippen MR) is 66.3 cm³/mol. The van der Waals surface area contributed by atoms with Crippen molar-refractivity contribution in [3.63, 3.8) is 0 Å². The van der Waals surface area contributed by atoms with Crippen LogP contribution in [0.5, 0.6) is 0 Å². The van der Waals surface area contributed by atoms with Gasteiger partial charge in [-0.15, -0.1) is 0 Å². The average molecular weight is 237 g/mol. The smallest absolute Gasteiger partial charge is 0.238 e. The molecule has 4 heteroatoms. The molecule has 1 aliphatic carbocycles. The van der Waals surface area contributed by atoms with Gasteiger partial charge in [-0.25, -0.2) is 9.98 Å². The molecule has 88 valence electrons. The van der Waals surface area contributed by atoms with Crippen molar-refractivity contribution in [1.82, 2.24) is 9.97 Å². The van der Waals surface area contributed by atoms with E-state index in [9.17, 15) is 0 Å². The van der Waals surface area contributed by atoms with Crippen LogP contribution >= 0.6 is 0 Å². The number of benzene rings is 1. The van der Waals surface area contributed by atoms with E-state index in [1.165, 1.54) is 11.1 Å². The highest BCUT2D eigenvalue weighted by Crippen LogP contribution is 2.40. The lowest BCUT2D eigenvalue weighted by molar-refractivity contribution is 0.206. The molecule has 0 spiro atoms. The minimum Gasteiger partial charge on any atom is -0.470 e. The molecule has 2 aliphatic rings. The second-order valence-electron chi connectivity index (χ2n) is 4.53. The molecule has 1 aliphatic heterocycles. The van der Waals surface area contributed by atoms with Crippen LogP contribution in [0.4, 0.5) is 0 Å². The molecular formula is C14H11N3O. The van der Waals surface area contributed by atoms with E-state index in [2.05, 4.69) is 39.2 Å². The normalized spacial score (nSPS) is 24.1. The number of hydrogen-bond acceptors (Lipinski definition) is 4. The Balaban J connectivity index is 1.74. The van der Waals surface area contributed by atoms with Gasteiger partial charge >= 0.3 is 0 Å². The van der Waals surface area contributed by atoms with Gasteiger partial charge in [0.05, 0.1) is 6.20 Å². The molecule has 2 heterocycles. The molecule has 2 atom stereocenters. The van der Waals surface area contributed by atoms with Crippen molar-refractivity contribution < 1.29 is 4.74 Å². The first kappa shape index (κ1) is 9.76. The minimum atomic E-state index is 0.123. The molecule has 2 aromatic rings. The molecule has 0 bridgehead atoms. The molecule has 0 unspecified atom stereocenters. The highest BCUT2D eigenvalue weighted by molar-refractivity contribution is 5.93. The number of aromatic nitrogens is 2. The highest BCUT2D eigenvalue weighted by atomic mass is 16.5. The molecule has 0 fully saturated rings. The van der Waals surface area contributed by atoms with Crippen molar-refractivity contribution in [2.45, 2.75) is 18.6 Å². The van der Waals surface area contributed by atoms with Gasteiger partial charge in [0.2, 0.25) is 5.90 Å². The van der Waals surface area contributed by atoms with Crippen LogP contribution in [0.1, 0.15) is 22.9 Å². The molecule has 0 saturated heterocycles. The summed E-state index contributed by atoms with van der Waals surface area (Å²) in [5.74, 6) is 0.618. The van der Waals surface area contributed by atoms with Crippen LogP contribution < -0.4 is 0 Å². The second kappa shape index (κ2) is 3.63. The molecular weight excluding hydrogens is 226 g/mol. The summed E-state index contributed by atoms with van der Waals surface area (Å²) in [5, 5.41) is 0. The zero-order chi connectivity index (χ0) is 11.9. The van der Waals surface area contributed by atoms with Crippen LogP contribution in [0.15, 0.2) is 47.8 Å². The fourth-order valence-corrected chi connectivity index (χ4v) is 2.63. The highest BCUT2D eigenvalue weighted by Gasteiger charge is 2.39. The van der Waals surface area contributed by atoms with Crippen LogP contribution in [0.3, 0.4) is 0 Å². The molecule has 18 heavy (non-hydrogen) atoms. The Morgan fingerprint density at radius 1 is 1.17 bits per heavy atom. The number of aliphatic imine (C=N–C) groups is 1. The topological polar surface area (TPSA) is 47.4 Å². The van der Waals surface area contributed by atoms with E-state index in [-0.39, 0.29) is 12.1 Å². The van der Waals surface area contributed by atoms with Crippen molar-refractivity contribution in [2.24, 2.45) is 4.99 Å². The van der Waals surface area contributed by atoms with E-state index < -0.39 is 0 Å². The van der Waals surface area contributed by atoms with Gasteiger partial charge < -0.3 is 4.74 Å². The third kappa shape index (κ3) is 1.35. The van der Waals surface area contributed by atoms with Gasteiger partial charge in [0.1, 0.15) is 17.8 Å². The number of nitrogens with zero attached hydrogens (tertiary/aromatic N) is 3. The Morgan fingerprint density at radius 3 is 3.00 bits per heavy atom. The fourth-order valence-electron chi connectivity index (χ4n) is 2.63. The van der Waals surface area contributed by atoms with E-state index in [0.717, 1.165) is 6.42 Å². The maximum absolute atomic E-state index is 5.90. The Labute approximate surface area is 104 Å². The van der Waals surface area contributed by atoms with E-state index in [0.29, 0.717) is 11.6 Å². The van der Waals surface area contributed by atoms with E-state index in [1.54, 1.807) is 18.6 Å². The van der Waals surface area contributed by atoms with Gasteiger partial charge in [-0.3, -0.25) is 4.98 Å². The summed E-state index contributed by atoms with van der Waals surface area (Å²) in [5.41, 5.74) is 3.33. The summed E-state index contributed by atoms with van der Waals surface area (Å²) < 4.78 is 5.90. The van der Waals surface area contributed by atoms with Crippen LogP contribution in [0.25, 0.3) is 0 Å². The lowest BCUT2D eigenvalue weighted by Crippen LogP contribution is -2.14. The average Bonchev–Trinajstić information content (AvgIpc) is 2.97. The Bertz CT molecular complexity index is 624. The molecule has 0 radical (unpaired) electrons. The molecule has 0 amide bonds. The first-order chi connectivity index (χ1) is 8.92. The molecule has 4 nitrogen and oxygen atoms in total. The Morgan fingerprint density at radius 2 is 2.11 bits per heavy atom. The number of fused-ring (bicyclic) bond motifs is 3. The van der Waals surface area contributed by atoms with Crippen LogP contribution in [-0.2, 0) is 11.2 Å². The Kier molecular flexibility index (Phi) is 1.97. The summed E-state index contributed by atoms with van der Waals surface area (Å²) in [6.45, 7) is 0.